The average molecular weight is 924 g/mol. The minimum Gasteiger partial charge on any atom is -0.490 e. The maximum atomic E-state index is 7.03. The molecule has 0 atom stereocenters. The topological polar surface area (TPSA) is 79.2 Å². The van der Waals surface area contributed by atoms with Crippen molar-refractivity contribution in [1.82, 2.24) is 19.9 Å². The summed E-state index contributed by atoms with van der Waals surface area (Å²) in [5.74, 6) is 4.73. The zero-order valence-corrected chi connectivity index (χ0v) is 44.6. The molecule has 0 aliphatic carbocycles. The van der Waals surface area contributed by atoms with Gasteiger partial charge in [-0.25, -0.2) is 19.9 Å². The standard InChI is InChI=1S/C56H90N4O3Si2/c1-9-13-17-19-21-25-35-61-51-43-57-55(58-44-51)49-31-33-53(47(41-49)29-23-27-39-64(5,6)37-15-11-3)63-54-34-32-50(42-48(54)30-24-28-40-65(7,8)38-16-12-4)56-59-45-52(46-60-56)62-36-26-22-20-18-14-10-2/h31-34,41-46H,9-30,35-40H2,1-8H3. The third kappa shape index (κ3) is 21.3. The van der Waals surface area contributed by atoms with Gasteiger partial charge in [-0.3, -0.25) is 0 Å². The molecule has 2 aromatic carbocycles. The molecule has 2 aromatic heterocycles. The summed E-state index contributed by atoms with van der Waals surface area (Å²) in [5, 5.41) is 0. The molecule has 0 N–H and O–H groups in total. The number of ether oxygens (including phenoxy) is 3. The second kappa shape index (κ2) is 30.7. The van der Waals surface area contributed by atoms with Crippen molar-refractivity contribution in [3.63, 3.8) is 0 Å². The molecular formula is C56H90N4O3Si2. The van der Waals surface area contributed by atoms with Gasteiger partial charge < -0.3 is 14.2 Å². The molecule has 65 heavy (non-hydrogen) atoms. The Balaban J connectivity index is 1.54. The van der Waals surface area contributed by atoms with E-state index in [1.54, 1.807) is 0 Å². The average Bonchev–Trinajstić information content (AvgIpc) is 3.31. The van der Waals surface area contributed by atoms with Crippen LogP contribution >= 0.6 is 0 Å². The SMILES string of the molecule is CCCCCCCCOc1cnc(-c2ccc(Oc3ccc(-c4ncc(OCCCCCCCC)cn4)cc3CCCC[Si](C)(C)CCCC)c(CCCC[Si](C)(C)CCCC)c2)nc1. The Morgan fingerprint density at radius 1 is 0.400 bits per heavy atom. The van der Waals surface area contributed by atoms with E-state index in [4.69, 9.17) is 34.1 Å². The molecule has 0 aliphatic heterocycles. The number of aromatic nitrogens is 4. The van der Waals surface area contributed by atoms with E-state index in [-0.39, 0.29) is 0 Å². The number of aryl methyl sites for hydroxylation is 2. The highest BCUT2D eigenvalue weighted by Crippen LogP contribution is 2.36. The van der Waals surface area contributed by atoms with Crippen LogP contribution in [0.4, 0.5) is 0 Å². The Labute approximate surface area is 399 Å². The quantitative estimate of drug-likeness (QED) is 0.0332. The van der Waals surface area contributed by atoms with Crippen molar-refractivity contribution >= 4 is 16.1 Å². The van der Waals surface area contributed by atoms with Gasteiger partial charge >= 0.3 is 0 Å². The van der Waals surface area contributed by atoms with Crippen LogP contribution in [0, 0.1) is 0 Å². The van der Waals surface area contributed by atoms with E-state index < -0.39 is 16.1 Å². The smallest absolute Gasteiger partial charge is 0.159 e. The summed E-state index contributed by atoms with van der Waals surface area (Å²) in [6, 6.07) is 18.6. The van der Waals surface area contributed by atoms with Crippen LogP contribution in [-0.2, 0) is 12.8 Å². The van der Waals surface area contributed by atoms with Crippen LogP contribution in [0.5, 0.6) is 23.0 Å². The molecule has 0 bridgehead atoms. The number of unbranched alkanes of at least 4 members (excludes halogenated alkanes) is 14. The van der Waals surface area contributed by atoms with Crippen LogP contribution in [0.2, 0.25) is 50.4 Å². The molecule has 4 aromatic rings. The third-order valence-electron chi connectivity index (χ3n) is 13.2. The summed E-state index contributed by atoms with van der Waals surface area (Å²) in [4.78, 5) is 19.1. The molecule has 9 heteroatoms. The molecule has 0 saturated heterocycles. The van der Waals surface area contributed by atoms with Gasteiger partial charge in [-0.05, 0) is 86.1 Å². The van der Waals surface area contributed by atoms with Crippen molar-refractivity contribution in [3.05, 3.63) is 72.3 Å². The van der Waals surface area contributed by atoms with E-state index in [0.717, 1.165) is 72.6 Å². The second-order valence-electron chi connectivity index (χ2n) is 20.4. The molecule has 0 saturated carbocycles. The fraction of sp³-hybridized carbons (Fsp3) is 0.643. The van der Waals surface area contributed by atoms with Crippen LogP contribution in [0.1, 0.15) is 167 Å². The van der Waals surface area contributed by atoms with E-state index in [1.165, 1.54) is 138 Å². The predicted molar refractivity (Wildman–Crippen MR) is 283 cm³/mol. The summed E-state index contributed by atoms with van der Waals surface area (Å²) in [6.07, 6.45) is 34.1. The van der Waals surface area contributed by atoms with E-state index in [2.05, 4.69) is 90.3 Å². The monoisotopic (exact) mass is 923 g/mol. The normalized spacial score (nSPS) is 11.9. The number of rotatable bonds is 36. The lowest BCUT2D eigenvalue weighted by molar-refractivity contribution is 0.302. The Morgan fingerprint density at radius 3 is 1.14 bits per heavy atom. The molecule has 360 valence electrons. The van der Waals surface area contributed by atoms with E-state index in [1.807, 2.05) is 24.8 Å². The van der Waals surface area contributed by atoms with Crippen LogP contribution in [0.25, 0.3) is 22.8 Å². The Bertz CT molecular complexity index is 1730. The summed E-state index contributed by atoms with van der Waals surface area (Å²) in [5.41, 5.74) is 4.44. The number of hydrogen-bond donors (Lipinski definition) is 0. The molecule has 0 fully saturated rings. The lowest BCUT2D eigenvalue weighted by Crippen LogP contribution is -2.24. The zero-order chi connectivity index (χ0) is 46.6. The first kappa shape index (κ1) is 54.0. The fourth-order valence-electron chi connectivity index (χ4n) is 8.77. The fourth-order valence-corrected chi connectivity index (χ4v) is 14.3. The van der Waals surface area contributed by atoms with Crippen LogP contribution < -0.4 is 14.2 Å². The second-order valence-corrected chi connectivity index (χ2v) is 31.1. The number of nitrogens with zero attached hydrogens (tertiary/aromatic N) is 4. The lowest BCUT2D eigenvalue weighted by Gasteiger charge is -2.22. The molecule has 7 nitrogen and oxygen atoms in total. The molecule has 0 spiro atoms. The van der Waals surface area contributed by atoms with Gasteiger partial charge in [-0.1, -0.05) is 181 Å². The van der Waals surface area contributed by atoms with Crippen LogP contribution in [-0.4, -0.2) is 49.3 Å². The van der Waals surface area contributed by atoms with Gasteiger partial charge in [-0.15, -0.1) is 0 Å². The van der Waals surface area contributed by atoms with Crippen molar-refractivity contribution in [2.75, 3.05) is 13.2 Å². The van der Waals surface area contributed by atoms with Gasteiger partial charge in [0.15, 0.2) is 23.1 Å². The van der Waals surface area contributed by atoms with E-state index >= 15 is 0 Å². The zero-order valence-electron chi connectivity index (χ0n) is 42.6. The Kier molecular flexibility index (Phi) is 25.5. The summed E-state index contributed by atoms with van der Waals surface area (Å²) < 4.78 is 19.1. The molecular weight excluding hydrogens is 833 g/mol. The predicted octanol–water partition coefficient (Wildman–Crippen LogP) is 17.5. The van der Waals surface area contributed by atoms with Crippen molar-refractivity contribution in [2.45, 2.75) is 219 Å². The highest BCUT2D eigenvalue weighted by molar-refractivity contribution is 6.77. The summed E-state index contributed by atoms with van der Waals surface area (Å²) in [7, 11) is -2.39. The van der Waals surface area contributed by atoms with Gasteiger partial charge in [0.1, 0.15) is 11.5 Å². The first-order valence-electron chi connectivity index (χ1n) is 26.4. The Morgan fingerprint density at radius 2 is 0.754 bits per heavy atom. The number of benzene rings is 2. The minimum absolute atomic E-state index is 0.707. The highest BCUT2D eigenvalue weighted by Gasteiger charge is 2.21. The van der Waals surface area contributed by atoms with E-state index in [0.29, 0.717) is 24.9 Å². The third-order valence-corrected chi connectivity index (χ3v) is 20.0. The largest absolute Gasteiger partial charge is 0.490 e. The maximum Gasteiger partial charge on any atom is 0.159 e. The van der Waals surface area contributed by atoms with E-state index in [9.17, 15) is 0 Å². The summed E-state index contributed by atoms with van der Waals surface area (Å²) in [6.45, 7) is 20.8. The van der Waals surface area contributed by atoms with Crippen molar-refractivity contribution in [2.24, 2.45) is 0 Å². The minimum atomic E-state index is -1.20. The molecule has 0 aliphatic rings. The van der Waals surface area contributed by atoms with Crippen LogP contribution in [0.3, 0.4) is 0 Å². The molecule has 2 heterocycles. The van der Waals surface area contributed by atoms with Crippen LogP contribution in [0.15, 0.2) is 61.2 Å². The van der Waals surface area contributed by atoms with Gasteiger partial charge in [0.2, 0.25) is 0 Å². The van der Waals surface area contributed by atoms with Crippen molar-refractivity contribution in [1.29, 1.82) is 0 Å². The highest BCUT2D eigenvalue weighted by atomic mass is 28.3. The maximum absolute atomic E-state index is 7.03. The van der Waals surface area contributed by atoms with Gasteiger partial charge in [0.25, 0.3) is 0 Å². The molecule has 0 radical (unpaired) electrons. The first-order chi connectivity index (χ1) is 31.6. The summed E-state index contributed by atoms with van der Waals surface area (Å²) >= 11 is 0. The van der Waals surface area contributed by atoms with Crippen molar-refractivity contribution in [3.8, 4) is 45.8 Å². The molecule has 4 rings (SSSR count). The number of hydrogen-bond acceptors (Lipinski definition) is 7. The lowest BCUT2D eigenvalue weighted by atomic mass is 10.0. The van der Waals surface area contributed by atoms with Gasteiger partial charge in [0, 0.05) is 27.3 Å². The van der Waals surface area contributed by atoms with Gasteiger partial charge in [0.05, 0.1) is 38.0 Å². The van der Waals surface area contributed by atoms with Gasteiger partial charge in [-0.2, -0.15) is 0 Å². The molecule has 0 unspecified atom stereocenters. The first-order valence-corrected chi connectivity index (χ1v) is 33.2. The van der Waals surface area contributed by atoms with Crippen molar-refractivity contribution < 1.29 is 14.2 Å². The molecule has 0 amide bonds. The Hall–Kier alpha value is -3.57.